The first-order chi connectivity index (χ1) is 9.40. The van der Waals surface area contributed by atoms with Gasteiger partial charge in [-0.15, -0.1) is 11.8 Å². The Morgan fingerprint density at radius 2 is 2.05 bits per heavy atom. The lowest BCUT2D eigenvalue weighted by Crippen LogP contribution is -2.16. The van der Waals surface area contributed by atoms with Gasteiger partial charge in [0.05, 0.1) is 5.69 Å². The largest absolute Gasteiger partial charge is 0.381 e. The summed E-state index contributed by atoms with van der Waals surface area (Å²) in [6, 6.07) is 8.49. The van der Waals surface area contributed by atoms with E-state index in [1.165, 1.54) is 10.5 Å². The zero-order valence-corrected chi connectivity index (χ0v) is 13.7. The van der Waals surface area contributed by atoms with Crippen molar-refractivity contribution in [3.8, 4) is 0 Å². The van der Waals surface area contributed by atoms with Crippen molar-refractivity contribution in [2.45, 2.75) is 37.6 Å². The molecule has 0 unspecified atom stereocenters. The zero-order chi connectivity index (χ0) is 14.8. The molecule has 0 bridgehead atoms. The molecule has 3 nitrogen and oxygen atoms in total. The van der Waals surface area contributed by atoms with Crippen LogP contribution >= 0.6 is 11.8 Å². The fourth-order valence-corrected chi connectivity index (χ4v) is 2.69. The van der Waals surface area contributed by atoms with Crippen molar-refractivity contribution in [2.75, 3.05) is 11.6 Å². The molecule has 2 rings (SSSR count). The number of anilines is 1. The molecule has 0 saturated carbocycles. The van der Waals surface area contributed by atoms with Crippen LogP contribution in [-0.2, 0) is 19.0 Å². The topological polar surface area (TPSA) is 29.9 Å². The zero-order valence-electron chi connectivity index (χ0n) is 12.9. The molecule has 1 N–H and O–H groups in total. The van der Waals surface area contributed by atoms with E-state index >= 15 is 0 Å². The molecule has 0 fully saturated rings. The Bertz CT molecular complexity index is 582. The normalized spacial score (nSPS) is 11.7. The lowest BCUT2D eigenvalue weighted by Gasteiger charge is -2.18. The molecule has 1 aromatic carbocycles. The average Bonchev–Trinajstić information content (AvgIpc) is 2.78. The van der Waals surface area contributed by atoms with E-state index in [-0.39, 0.29) is 5.41 Å². The van der Waals surface area contributed by atoms with Gasteiger partial charge in [0.2, 0.25) is 0 Å². The minimum atomic E-state index is 0.0688. The summed E-state index contributed by atoms with van der Waals surface area (Å²) in [4.78, 5) is 1.28. The van der Waals surface area contributed by atoms with Crippen molar-refractivity contribution in [1.29, 1.82) is 0 Å². The fourth-order valence-electron chi connectivity index (χ4n) is 2.23. The predicted octanol–water partition coefficient (Wildman–Crippen LogP) is 4.05. The lowest BCUT2D eigenvalue weighted by molar-refractivity contribution is 0.549. The molecule has 2 aromatic rings. The smallest absolute Gasteiger partial charge is 0.0727 e. The summed E-state index contributed by atoms with van der Waals surface area (Å²) >= 11 is 1.76. The third-order valence-electron chi connectivity index (χ3n) is 3.17. The molecular weight excluding hydrogens is 266 g/mol. The molecule has 20 heavy (non-hydrogen) atoms. The minimum Gasteiger partial charge on any atom is -0.381 e. The summed E-state index contributed by atoms with van der Waals surface area (Å²) in [7, 11) is 1.98. The Kier molecular flexibility index (Phi) is 4.43. The van der Waals surface area contributed by atoms with Crippen LogP contribution in [-0.4, -0.2) is 16.0 Å². The van der Waals surface area contributed by atoms with Crippen LogP contribution < -0.4 is 5.32 Å². The van der Waals surface area contributed by atoms with Gasteiger partial charge in [-0.25, -0.2) is 0 Å². The van der Waals surface area contributed by atoms with Gasteiger partial charge in [0.15, 0.2) is 0 Å². The van der Waals surface area contributed by atoms with E-state index in [2.05, 4.69) is 67.9 Å². The quantitative estimate of drug-likeness (QED) is 0.861. The van der Waals surface area contributed by atoms with Gasteiger partial charge >= 0.3 is 0 Å². The molecule has 0 aliphatic rings. The standard InChI is InChI=1S/C16H23N3S/c1-16(2,3)15-12(11-19(4)18-15)10-17-13-7-6-8-14(9-13)20-5/h6-9,11,17H,10H2,1-5H3. The Labute approximate surface area is 125 Å². The van der Waals surface area contributed by atoms with Crippen LogP contribution in [0, 0.1) is 0 Å². The van der Waals surface area contributed by atoms with Crippen LogP contribution in [0.2, 0.25) is 0 Å². The Balaban J connectivity index is 2.14. The van der Waals surface area contributed by atoms with Crippen molar-refractivity contribution in [2.24, 2.45) is 7.05 Å². The van der Waals surface area contributed by atoms with E-state index < -0.39 is 0 Å². The Hall–Kier alpha value is -1.42. The third-order valence-corrected chi connectivity index (χ3v) is 3.89. The second kappa shape index (κ2) is 5.92. The molecule has 0 atom stereocenters. The van der Waals surface area contributed by atoms with Crippen molar-refractivity contribution in [1.82, 2.24) is 9.78 Å². The van der Waals surface area contributed by atoms with Gasteiger partial charge in [0.1, 0.15) is 0 Å². The highest BCUT2D eigenvalue weighted by Gasteiger charge is 2.21. The second-order valence-corrected chi connectivity index (χ2v) is 6.89. The monoisotopic (exact) mass is 289 g/mol. The number of nitrogens with one attached hydrogen (secondary N) is 1. The summed E-state index contributed by atoms with van der Waals surface area (Å²) in [6.45, 7) is 7.41. The highest BCUT2D eigenvalue weighted by molar-refractivity contribution is 7.98. The number of benzene rings is 1. The van der Waals surface area contributed by atoms with Gasteiger partial charge < -0.3 is 5.32 Å². The maximum Gasteiger partial charge on any atom is 0.0727 e. The van der Waals surface area contributed by atoms with Crippen LogP contribution in [0.5, 0.6) is 0 Å². The fraction of sp³-hybridized carbons (Fsp3) is 0.438. The Morgan fingerprint density at radius 1 is 1.30 bits per heavy atom. The van der Waals surface area contributed by atoms with E-state index in [1.807, 2.05) is 11.7 Å². The van der Waals surface area contributed by atoms with E-state index in [4.69, 9.17) is 0 Å². The van der Waals surface area contributed by atoms with Crippen molar-refractivity contribution in [3.63, 3.8) is 0 Å². The van der Waals surface area contributed by atoms with Crippen LogP contribution in [0.1, 0.15) is 32.0 Å². The first-order valence-corrected chi connectivity index (χ1v) is 8.03. The van der Waals surface area contributed by atoms with Crippen LogP contribution in [0.4, 0.5) is 5.69 Å². The SMILES string of the molecule is CSc1cccc(NCc2cn(C)nc2C(C)(C)C)c1. The summed E-state index contributed by atoms with van der Waals surface area (Å²) in [5.41, 5.74) is 3.64. The third kappa shape index (κ3) is 3.57. The van der Waals surface area contributed by atoms with E-state index in [9.17, 15) is 0 Å². The highest BCUT2D eigenvalue weighted by atomic mass is 32.2. The summed E-state index contributed by atoms with van der Waals surface area (Å²) in [5.74, 6) is 0. The summed E-state index contributed by atoms with van der Waals surface area (Å²) in [6.07, 6.45) is 4.20. The van der Waals surface area contributed by atoms with Crippen LogP contribution in [0.3, 0.4) is 0 Å². The van der Waals surface area contributed by atoms with Gasteiger partial charge in [0, 0.05) is 41.4 Å². The first-order valence-electron chi connectivity index (χ1n) is 6.81. The highest BCUT2D eigenvalue weighted by Crippen LogP contribution is 2.25. The number of rotatable bonds is 4. The number of aryl methyl sites for hydroxylation is 1. The number of hydrogen-bond donors (Lipinski definition) is 1. The molecule has 0 amide bonds. The predicted molar refractivity (Wildman–Crippen MR) is 87.5 cm³/mol. The van der Waals surface area contributed by atoms with Gasteiger partial charge in [-0.1, -0.05) is 26.8 Å². The summed E-state index contributed by atoms with van der Waals surface area (Å²) in [5, 5.41) is 8.10. The van der Waals surface area contributed by atoms with Crippen molar-refractivity contribution < 1.29 is 0 Å². The van der Waals surface area contributed by atoms with Crippen molar-refractivity contribution in [3.05, 3.63) is 41.7 Å². The Morgan fingerprint density at radius 3 is 2.70 bits per heavy atom. The minimum absolute atomic E-state index is 0.0688. The number of hydrogen-bond acceptors (Lipinski definition) is 3. The second-order valence-electron chi connectivity index (χ2n) is 6.01. The maximum atomic E-state index is 4.60. The van der Waals surface area contributed by atoms with Crippen molar-refractivity contribution >= 4 is 17.4 Å². The molecule has 0 aliphatic carbocycles. The van der Waals surface area contributed by atoms with Gasteiger partial charge in [0.25, 0.3) is 0 Å². The molecule has 4 heteroatoms. The molecule has 0 saturated heterocycles. The molecule has 1 heterocycles. The molecule has 0 aliphatic heterocycles. The first kappa shape index (κ1) is 15.0. The van der Waals surface area contributed by atoms with Crippen LogP contribution in [0.25, 0.3) is 0 Å². The molecule has 0 spiro atoms. The van der Waals surface area contributed by atoms with E-state index in [0.29, 0.717) is 0 Å². The molecule has 108 valence electrons. The maximum absolute atomic E-state index is 4.60. The number of thioether (sulfide) groups is 1. The van der Waals surface area contributed by atoms with Crippen LogP contribution in [0.15, 0.2) is 35.4 Å². The van der Waals surface area contributed by atoms with Gasteiger partial charge in [-0.3, -0.25) is 4.68 Å². The molecule has 0 radical (unpaired) electrons. The van der Waals surface area contributed by atoms with E-state index in [1.54, 1.807) is 11.8 Å². The van der Waals surface area contributed by atoms with E-state index in [0.717, 1.165) is 17.9 Å². The lowest BCUT2D eigenvalue weighted by atomic mass is 9.89. The average molecular weight is 289 g/mol. The van der Waals surface area contributed by atoms with Gasteiger partial charge in [-0.05, 0) is 24.5 Å². The number of nitrogens with zero attached hydrogens (tertiary/aromatic N) is 2. The summed E-state index contributed by atoms with van der Waals surface area (Å²) < 4.78 is 1.90. The van der Waals surface area contributed by atoms with Gasteiger partial charge in [-0.2, -0.15) is 5.10 Å². The molecule has 1 aromatic heterocycles. The molecular formula is C16H23N3S. The number of aromatic nitrogens is 2.